The second-order valence-electron chi connectivity index (χ2n) is 10.5. The van der Waals surface area contributed by atoms with E-state index in [1.807, 2.05) is 0 Å². The normalized spacial score (nSPS) is 28.6. The van der Waals surface area contributed by atoms with Gasteiger partial charge in [0.1, 0.15) is 48.6 Å². The Balaban J connectivity index is 1.35. The van der Waals surface area contributed by atoms with E-state index in [0.29, 0.717) is 11.9 Å². The van der Waals surface area contributed by atoms with Gasteiger partial charge in [-0.05, 0) is 37.6 Å². The van der Waals surface area contributed by atoms with Crippen molar-refractivity contribution in [3.8, 4) is 5.75 Å². The highest BCUT2D eigenvalue weighted by Crippen LogP contribution is 2.68. The number of nitrogen functional groups attached to an aromatic ring is 1. The fraction of sp³-hybridized carbons (Fsp3) is 0.519. The number of unbranched alkanes of at least 4 members (excludes halogenated alkanes) is 3. The van der Waals surface area contributed by atoms with E-state index in [0.717, 1.165) is 19.3 Å². The number of aliphatic hydroxyl groups excluding tert-OH is 1. The lowest BCUT2D eigenvalue weighted by Gasteiger charge is -2.27. The van der Waals surface area contributed by atoms with E-state index in [1.165, 1.54) is 29.9 Å². The zero-order valence-electron chi connectivity index (χ0n) is 23.3. The molecule has 42 heavy (non-hydrogen) atoms. The van der Waals surface area contributed by atoms with Crippen LogP contribution >= 0.6 is 7.75 Å². The van der Waals surface area contributed by atoms with Gasteiger partial charge in [-0.15, -0.1) is 0 Å². The Labute approximate surface area is 241 Å². The molecule has 1 aliphatic carbocycles. The maximum Gasteiger partial charge on any atom is 0.459 e. The Kier molecular flexibility index (Phi) is 8.57. The van der Waals surface area contributed by atoms with Crippen LogP contribution in [0.2, 0.25) is 0 Å². The van der Waals surface area contributed by atoms with Crippen LogP contribution in [0, 0.1) is 0 Å². The second-order valence-corrected chi connectivity index (χ2v) is 12.1. The Hall–Kier alpha value is -3.13. The van der Waals surface area contributed by atoms with Gasteiger partial charge in [0, 0.05) is 0 Å². The number of para-hydroxylation sites is 1. The van der Waals surface area contributed by atoms with E-state index >= 15 is 0 Å². The average molecular weight is 608 g/mol. The molecule has 1 aliphatic heterocycles. The third kappa shape index (κ3) is 5.27. The van der Waals surface area contributed by atoms with Crippen LogP contribution in [-0.2, 0) is 23.4 Å². The molecule has 0 spiro atoms. The summed E-state index contributed by atoms with van der Waals surface area (Å²) in [5, 5.41) is 29.3. The lowest BCUT2D eigenvalue weighted by molar-refractivity contribution is -0.145. The van der Waals surface area contributed by atoms with E-state index in [4.69, 9.17) is 24.3 Å². The van der Waals surface area contributed by atoms with Crippen molar-refractivity contribution in [1.82, 2.24) is 19.7 Å². The summed E-state index contributed by atoms with van der Waals surface area (Å²) in [6.07, 6.45) is 0.263. The summed E-state index contributed by atoms with van der Waals surface area (Å²) in [6, 6.07) is 9.99. The fourth-order valence-electron chi connectivity index (χ4n) is 5.30. The third-order valence-corrected chi connectivity index (χ3v) is 9.30. The lowest BCUT2D eigenvalue weighted by atomic mass is 10.0. The van der Waals surface area contributed by atoms with Crippen LogP contribution in [0.25, 0.3) is 5.52 Å². The van der Waals surface area contributed by atoms with Gasteiger partial charge in [-0.25, -0.2) is 18.5 Å². The lowest BCUT2D eigenvalue weighted by Crippen LogP contribution is -2.38. The second kappa shape index (κ2) is 11.9. The minimum absolute atomic E-state index is 0.122. The topological polar surface area (TPSA) is 180 Å². The minimum atomic E-state index is -4.51. The molecule has 15 heteroatoms. The molecule has 1 saturated heterocycles. The number of nitrogens with zero attached hydrogens (tertiary/aromatic N) is 3. The van der Waals surface area contributed by atoms with Gasteiger partial charge in [-0.2, -0.15) is 10.2 Å². The highest BCUT2D eigenvalue weighted by molar-refractivity contribution is 7.52. The van der Waals surface area contributed by atoms with Gasteiger partial charge in [0.2, 0.25) is 0 Å². The SMILES string of the molecule is CCCCCCOC(=O)[C@H](C)N[P@](=O)(Oc1ccccc1)OC1[C@@]2(CF)O[C@@H](c3ccc4c(N)ncnn34)[C@H](O)[C@@]12O. The molecule has 1 saturated carbocycles. The molecule has 1 unspecified atom stereocenters. The van der Waals surface area contributed by atoms with E-state index < -0.39 is 55.9 Å². The quantitative estimate of drug-likeness (QED) is 0.120. The van der Waals surface area contributed by atoms with Gasteiger partial charge in [0.25, 0.3) is 0 Å². The van der Waals surface area contributed by atoms with Crippen molar-refractivity contribution >= 4 is 25.1 Å². The number of benzene rings is 1. The Morgan fingerprint density at radius 2 is 2.02 bits per heavy atom. The van der Waals surface area contributed by atoms with Crippen molar-refractivity contribution in [2.24, 2.45) is 0 Å². The molecule has 2 aliphatic rings. The first kappa shape index (κ1) is 30.3. The van der Waals surface area contributed by atoms with Gasteiger partial charge in [0.05, 0.1) is 12.3 Å². The molecule has 0 amide bonds. The maximum atomic E-state index is 14.7. The van der Waals surface area contributed by atoms with Gasteiger partial charge >= 0.3 is 13.7 Å². The molecular formula is C27H35FN5O8P. The van der Waals surface area contributed by atoms with Crippen LogP contribution in [0.1, 0.15) is 51.3 Å². The van der Waals surface area contributed by atoms with E-state index in [1.54, 1.807) is 30.3 Å². The standard InChI is InChI=1S/C27H35FN5O8P/c1-3-4-5-9-14-38-24(35)17(2)32-42(37,40-18-10-7-6-8-11-18)41-25-26(15-28)27(25,36)22(34)21(39-26)19-12-13-20-23(29)30-16-31-33(19)20/h6-8,10-13,16-17,21-22,25,34,36H,3-5,9,14-15H2,1-2H3,(H,32,37)(H2,29,30,31)/t17-,21-,22-,25?,26+,27+,42-/m0/s1. The van der Waals surface area contributed by atoms with Crippen molar-refractivity contribution in [3.63, 3.8) is 0 Å². The molecule has 0 bridgehead atoms. The number of ether oxygens (including phenoxy) is 2. The number of nitrogens with two attached hydrogens (primary N) is 1. The van der Waals surface area contributed by atoms with Crippen LogP contribution in [0.3, 0.4) is 0 Å². The Morgan fingerprint density at radius 3 is 2.71 bits per heavy atom. The van der Waals surface area contributed by atoms with Crippen molar-refractivity contribution in [2.45, 2.75) is 75.1 Å². The van der Waals surface area contributed by atoms with Crippen LogP contribution in [-0.4, -0.2) is 73.5 Å². The number of halogens is 1. The summed E-state index contributed by atoms with van der Waals surface area (Å²) in [5.74, 6) is -0.399. The maximum absolute atomic E-state index is 14.7. The molecule has 5 N–H and O–H groups in total. The zero-order valence-corrected chi connectivity index (χ0v) is 24.2. The number of hydrogen-bond donors (Lipinski definition) is 4. The number of hydrogen-bond acceptors (Lipinski definition) is 11. The zero-order chi connectivity index (χ0) is 30.1. The number of esters is 1. The molecule has 3 aromatic rings. The van der Waals surface area contributed by atoms with Gasteiger partial charge in [0.15, 0.2) is 17.0 Å². The van der Waals surface area contributed by atoms with Crippen LogP contribution in [0.5, 0.6) is 5.75 Å². The first-order valence-electron chi connectivity index (χ1n) is 13.8. The van der Waals surface area contributed by atoms with E-state index in [-0.39, 0.29) is 23.9 Å². The Bertz CT molecular complexity index is 1460. The van der Waals surface area contributed by atoms with Gasteiger partial charge in [-0.1, -0.05) is 44.4 Å². The Morgan fingerprint density at radius 1 is 1.26 bits per heavy atom. The number of alkyl halides is 1. The minimum Gasteiger partial charge on any atom is -0.465 e. The van der Waals surface area contributed by atoms with Crippen molar-refractivity contribution in [3.05, 3.63) is 54.5 Å². The number of aliphatic hydroxyl groups is 2. The van der Waals surface area contributed by atoms with E-state index in [9.17, 15) is 24.0 Å². The predicted octanol–water partition coefficient (Wildman–Crippen LogP) is 2.87. The van der Waals surface area contributed by atoms with E-state index in [2.05, 4.69) is 22.1 Å². The number of aromatic nitrogens is 3. The summed E-state index contributed by atoms with van der Waals surface area (Å²) in [5.41, 5.74) is 2.21. The highest BCUT2D eigenvalue weighted by atomic mass is 31.2. The van der Waals surface area contributed by atoms with Crippen molar-refractivity contribution in [1.29, 1.82) is 0 Å². The number of anilines is 1. The smallest absolute Gasteiger partial charge is 0.459 e. The highest BCUT2D eigenvalue weighted by Gasteiger charge is 2.89. The fourth-order valence-corrected chi connectivity index (χ4v) is 7.05. The van der Waals surface area contributed by atoms with Crippen molar-refractivity contribution in [2.75, 3.05) is 19.0 Å². The van der Waals surface area contributed by atoms with Crippen molar-refractivity contribution < 1.29 is 42.5 Å². The molecule has 0 radical (unpaired) electrons. The number of nitrogens with one attached hydrogen (secondary N) is 1. The molecule has 2 aromatic heterocycles. The molecular weight excluding hydrogens is 572 g/mol. The first-order chi connectivity index (χ1) is 20.1. The third-order valence-electron chi connectivity index (χ3n) is 7.65. The summed E-state index contributed by atoms with van der Waals surface area (Å²) in [6.45, 7) is 2.38. The number of carbonyl (C=O) groups excluding carboxylic acids is 1. The summed E-state index contributed by atoms with van der Waals surface area (Å²) < 4.78 is 52.6. The molecule has 5 rings (SSSR count). The molecule has 3 heterocycles. The van der Waals surface area contributed by atoms with Gasteiger partial charge in [-0.3, -0.25) is 9.32 Å². The summed E-state index contributed by atoms with van der Waals surface area (Å²) in [4.78, 5) is 16.5. The van der Waals surface area contributed by atoms with Crippen LogP contribution in [0.4, 0.5) is 10.2 Å². The van der Waals surface area contributed by atoms with Crippen LogP contribution in [0.15, 0.2) is 48.8 Å². The summed E-state index contributed by atoms with van der Waals surface area (Å²) >= 11 is 0. The van der Waals surface area contributed by atoms with Crippen LogP contribution < -0.4 is 15.3 Å². The summed E-state index contributed by atoms with van der Waals surface area (Å²) in [7, 11) is -4.51. The largest absolute Gasteiger partial charge is 0.465 e. The first-order valence-corrected chi connectivity index (χ1v) is 15.3. The molecule has 2 fully saturated rings. The monoisotopic (exact) mass is 607 g/mol. The number of rotatable bonds is 14. The molecule has 1 aromatic carbocycles. The molecule has 13 nitrogen and oxygen atoms in total. The number of carbonyl (C=O) groups is 1. The molecule has 228 valence electrons. The molecule has 7 atom stereocenters. The number of fused-ring (bicyclic) bond motifs is 2. The van der Waals surface area contributed by atoms with Gasteiger partial charge < -0.3 is 29.9 Å². The average Bonchev–Trinajstić information content (AvgIpc) is 3.22. The predicted molar refractivity (Wildman–Crippen MR) is 148 cm³/mol.